The van der Waals surface area contributed by atoms with E-state index in [1.807, 2.05) is 18.5 Å². The molecule has 0 spiro atoms. The third-order valence-corrected chi connectivity index (χ3v) is 19.6. The Morgan fingerprint density at radius 2 is 1.64 bits per heavy atom. The first-order chi connectivity index (χ1) is 27.3. The summed E-state index contributed by atoms with van der Waals surface area (Å²) in [6, 6.07) is 4.00. The smallest absolute Gasteiger partial charge is 0.309 e. The number of carboxylic acid groups (broad SMARTS) is 1. The van der Waals surface area contributed by atoms with Crippen LogP contribution >= 0.6 is 0 Å². The summed E-state index contributed by atoms with van der Waals surface area (Å²) in [7, 11) is 0. The summed E-state index contributed by atoms with van der Waals surface area (Å²) in [5, 5.41) is 9.68. The van der Waals surface area contributed by atoms with E-state index in [0.29, 0.717) is 40.9 Å². The summed E-state index contributed by atoms with van der Waals surface area (Å²) in [4.78, 5) is 55.8. The van der Waals surface area contributed by atoms with E-state index in [0.717, 1.165) is 75.0 Å². The molecule has 58 heavy (non-hydrogen) atoms. The average Bonchev–Trinajstić information content (AvgIpc) is 3.56. The molecule has 1 saturated heterocycles. The second kappa shape index (κ2) is 13.4. The van der Waals surface area contributed by atoms with E-state index >= 15 is 4.79 Å². The van der Waals surface area contributed by atoms with E-state index in [4.69, 9.17) is 9.72 Å². The number of fused-ring (bicyclic) bond motifs is 7. The largest absolute Gasteiger partial charge is 0.481 e. The molecule has 7 fully saturated rings. The number of H-pyrrole nitrogens is 1. The first-order valence-electron chi connectivity index (χ1n) is 23.0. The van der Waals surface area contributed by atoms with Gasteiger partial charge in [0, 0.05) is 29.9 Å². The molecule has 3 heterocycles. The topological polar surface area (TPSA) is 125 Å². The van der Waals surface area contributed by atoms with Gasteiger partial charge in [-0.2, -0.15) is 0 Å². The van der Waals surface area contributed by atoms with Crippen LogP contribution in [0.15, 0.2) is 30.7 Å². The standard InChI is InChI=1S/C49H70N4O5/c1-43(2,42(56)57)27-38(54)58-37-17-18-46(6)35(44(37,3)4)16-19-48(8)36(46)14-13-32-39-31(45(5)21-22-45)15-20-49(39,24-23-47(32,48)7)41(55)53-26-10-12-34(53)40-51-29-33(52-40)30-11-9-25-50-28-30/h9,11,25,28-29,31-32,34-37,39H,10,12-24,26-27H2,1-8H3,(H,51,52)(H,56,57)/t31-,32-,34?,35?,36-,37+,39?,46+,47-,48-,49+/m1/s1. The second-order valence-corrected chi connectivity index (χ2v) is 22.9. The Bertz CT molecular complexity index is 1950. The van der Waals surface area contributed by atoms with Crippen LogP contribution in [-0.4, -0.2) is 55.5 Å². The van der Waals surface area contributed by atoms with E-state index in [9.17, 15) is 14.7 Å². The predicted octanol–water partition coefficient (Wildman–Crippen LogP) is 10.4. The Labute approximate surface area is 346 Å². The molecule has 2 aromatic heterocycles. The van der Waals surface area contributed by atoms with Gasteiger partial charge in [0.15, 0.2) is 0 Å². The number of carbonyl (C=O) groups excluding carboxylic acids is 2. The van der Waals surface area contributed by atoms with Gasteiger partial charge >= 0.3 is 11.9 Å². The lowest BCUT2D eigenvalue weighted by Crippen LogP contribution is -2.67. The van der Waals surface area contributed by atoms with Gasteiger partial charge in [-0.05, 0) is 167 Å². The number of likely N-dealkylation sites (tertiary alicyclic amines) is 1. The molecule has 316 valence electrons. The lowest BCUT2D eigenvalue weighted by Gasteiger charge is -2.73. The van der Waals surface area contributed by atoms with Crippen LogP contribution in [0.5, 0.6) is 0 Å². The lowest BCUT2D eigenvalue weighted by atomic mass is 9.32. The molecule has 11 atom stereocenters. The maximum atomic E-state index is 15.6. The fraction of sp³-hybridized carbons (Fsp3) is 0.776. The Kier molecular flexibility index (Phi) is 9.27. The SMILES string of the molecule is CC(C)(CC(=O)O[C@H]1CC[C@@]2(C)C(CC[C@]3(C)[C@@H]2CC[C@@H]2C4[C@H](C5(C)CC5)CC[C@]4(C(=O)N4CCCC4c4ncc(-c5cccnc5)[nH]4)CC[C@]23C)C1(C)C)C(=O)O. The van der Waals surface area contributed by atoms with Crippen molar-refractivity contribution in [1.82, 2.24) is 19.9 Å². The van der Waals surface area contributed by atoms with Crippen molar-refractivity contribution < 1.29 is 24.2 Å². The molecule has 0 aromatic carbocycles. The molecule has 2 N–H and O–H groups in total. The average molecular weight is 795 g/mol. The minimum atomic E-state index is -1.15. The molecule has 9 heteroatoms. The third kappa shape index (κ3) is 5.75. The van der Waals surface area contributed by atoms with Crippen molar-refractivity contribution >= 4 is 17.8 Å². The number of rotatable bonds is 8. The molecule has 6 aliphatic carbocycles. The van der Waals surface area contributed by atoms with Gasteiger partial charge < -0.3 is 19.7 Å². The van der Waals surface area contributed by atoms with Crippen LogP contribution in [0.1, 0.15) is 164 Å². The Hall–Kier alpha value is -3.23. The highest BCUT2D eigenvalue weighted by Gasteiger charge is 2.74. The van der Waals surface area contributed by atoms with E-state index in [1.165, 1.54) is 38.5 Å². The van der Waals surface area contributed by atoms with Gasteiger partial charge in [-0.3, -0.25) is 19.4 Å². The van der Waals surface area contributed by atoms with Crippen LogP contribution in [0, 0.1) is 67.5 Å². The van der Waals surface area contributed by atoms with Gasteiger partial charge in [-0.15, -0.1) is 0 Å². The van der Waals surface area contributed by atoms with E-state index in [-0.39, 0.29) is 45.6 Å². The number of nitrogens with one attached hydrogen (secondary N) is 1. The summed E-state index contributed by atoms with van der Waals surface area (Å²) < 4.78 is 6.24. The predicted molar refractivity (Wildman–Crippen MR) is 223 cm³/mol. The number of carboxylic acids is 1. The fourth-order valence-corrected chi connectivity index (χ4v) is 15.9. The molecule has 2 aromatic rings. The first kappa shape index (κ1) is 40.2. The number of nitrogens with zero attached hydrogens (tertiary/aromatic N) is 3. The Morgan fingerprint density at radius 1 is 0.862 bits per heavy atom. The van der Waals surface area contributed by atoms with Crippen molar-refractivity contribution in [1.29, 1.82) is 0 Å². The minimum Gasteiger partial charge on any atom is -0.481 e. The molecule has 1 amide bonds. The monoisotopic (exact) mass is 795 g/mol. The van der Waals surface area contributed by atoms with Crippen LogP contribution in [0.4, 0.5) is 0 Å². The number of aromatic amines is 1. The number of aromatic nitrogens is 3. The molecular weight excluding hydrogens is 725 g/mol. The number of hydrogen-bond donors (Lipinski definition) is 2. The maximum absolute atomic E-state index is 15.6. The van der Waals surface area contributed by atoms with E-state index < -0.39 is 17.4 Å². The van der Waals surface area contributed by atoms with Crippen molar-refractivity contribution in [3.05, 3.63) is 36.5 Å². The maximum Gasteiger partial charge on any atom is 0.309 e. The Balaban J connectivity index is 0.991. The summed E-state index contributed by atoms with van der Waals surface area (Å²) >= 11 is 0. The van der Waals surface area contributed by atoms with Crippen molar-refractivity contribution in [3.63, 3.8) is 0 Å². The Morgan fingerprint density at radius 3 is 2.34 bits per heavy atom. The van der Waals surface area contributed by atoms with Crippen molar-refractivity contribution in [2.45, 2.75) is 164 Å². The zero-order chi connectivity index (χ0) is 41.3. The van der Waals surface area contributed by atoms with Crippen LogP contribution in [0.3, 0.4) is 0 Å². The number of imidazole rings is 1. The van der Waals surface area contributed by atoms with Crippen LogP contribution < -0.4 is 0 Å². The highest BCUT2D eigenvalue weighted by molar-refractivity contribution is 5.85. The highest BCUT2D eigenvalue weighted by atomic mass is 16.5. The number of carbonyl (C=O) groups is 3. The van der Waals surface area contributed by atoms with Gasteiger partial charge in [-0.25, -0.2) is 4.98 Å². The van der Waals surface area contributed by atoms with Crippen molar-refractivity contribution in [2.75, 3.05) is 6.54 Å². The van der Waals surface area contributed by atoms with Gasteiger partial charge in [0.1, 0.15) is 11.9 Å². The normalized spacial score (nSPS) is 41.1. The third-order valence-electron chi connectivity index (χ3n) is 19.6. The molecule has 9 rings (SSSR count). The number of hydrogen-bond acceptors (Lipinski definition) is 6. The van der Waals surface area contributed by atoms with E-state index in [2.05, 4.69) is 62.5 Å². The molecule has 3 unspecified atom stereocenters. The second-order valence-electron chi connectivity index (χ2n) is 22.9. The minimum absolute atomic E-state index is 0.0123. The van der Waals surface area contributed by atoms with Gasteiger partial charge in [0.25, 0.3) is 0 Å². The number of pyridine rings is 1. The molecule has 6 saturated carbocycles. The van der Waals surface area contributed by atoms with Crippen LogP contribution in [0.2, 0.25) is 0 Å². The van der Waals surface area contributed by atoms with Crippen LogP contribution in [0.25, 0.3) is 11.3 Å². The fourth-order valence-electron chi connectivity index (χ4n) is 15.9. The summed E-state index contributed by atoms with van der Waals surface area (Å²) in [5.41, 5.74) is 1.10. The molecule has 0 radical (unpaired) electrons. The summed E-state index contributed by atoms with van der Waals surface area (Å²) in [6.07, 6.45) is 20.7. The highest BCUT2D eigenvalue weighted by Crippen LogP contribution is 2.79. The number of amides is 1. The molecular formula is C49H70N4O5. The van der Waals surface area contributed by atoms with E-state index in [1.54, 1.807) is 20.0 Å². The van der Waals surface area contributed by atoms with Crippen molar-refractivity contribution in [2.24, 2.45) is 67.5 Å². The van der Waals surface area contributed by atoms with Gasteiger partial charge in [0.05, 0.1) is 35.2 Å². The summed E-state index contributed by atoms with van der Waals surface area (Å²) in [6.45, 7) is 19.1. The van der Waals surface area contributed by atoms with Crippen LogP contribution in [-0.2, 0) is 19.1 Å². The zero-order valence-electron chi connectivity index (χ0n) is 36.7. The molecule has 1 aliphatic heterocycles. The quantitative estimate of drug-likeness (QED) is 0.255. The molecule has 9 nitrogen and oxygen atoms in total. The number of aliphatic carboxylic acids is 1. The number of ether oxygens (including phenoxy) is 1. The van der Waals surface area contributed by atoms with Crippen molar-refractivity contribution in [3.8, 4) is 11.3 Å². The van der Waals surface area contributed by atoms with Gasteiger partial charge in [0.2, 0.25) is 5.91 Å². The number of esters is 1. The molecule has 7 aliphatic rings. The molecule has 0 bridgehead atoms. The first-order valence-corrected chi connectivity index (χ1v) is 23.0. The van der Waals surface area contributed by atoms with Gasteiger partial charge in [-0.1, -0.05) is 41.5 Å². The lowest BCUT2D eigenvalue weighted by molar-refractivity contribution is -0.251. The summed E-state index contributed by atoms with van der Waals surface area (Å²) in [5.74, 6) is 2.51. The zero-order valence-corrected chi connectivity index (χ0v) is 36.7.